The molecule has 0 aliphatic carbocycles. The highest BCUT2D eigenvalue weighted by Crippen LogP contribution is 2.24. The Labute approximate surface area is 115 Å². The third kappa shape index (κ3) is 2.22. The Balaban J connectivity index is 1.96. The number of benzene rings is 1. The maximum Gasteiger partial charge on any atom is 0.0881 e. The summed E-state index contributed by atoms with van der Waals surface area (Å²) in [5.74, 6) is 0. The van der Waals surface area contributed by atoms with E-state index in [0.717, 1.165) is 28.7 Å². The van der Waals surface area contributed by atoms with Crippen LogP contribution in [0.2, 0.25) is 10.0 Å². The average molecular weight is 277 g/mol. The first-order valence-corrected chi connectivity index (χ1v) is 6.34. The van der Waals surface area contributed by atoms with E-state index in [0.29, 0.717) is 10.0 Å². The summed E-state index contributed by atoms with van der Waals surface area (Å²) < 4.78 is 0. The van der Waals surface area contributed by atoms with Crippen LogP contribution in [-0.2, 0) is 6.42 Å². The van der Waals surface area contributed by atoms with E-state index in [1.807, 2.05) is 30.3 Å². The van der Waals surface area contributed by atoms with E-state index in [9.17, 15) is 0 Å². The Morgan fingerprint density at radius 3 is 2.78 bits per heavy atom. The Morgan fingerprint density at radius 2 is 2.00 bits per heavy atom. The minimum atomic E-state index is 0.655. The Kier molecular flexibility index (Phi) is 2.98. The van der Waals surface area contributed by atoms with Crippen molar-refractivity contribution in [2.75, 3.05) is 0 Å². The van der Waals surface area contributed by atoms with Crippen LogP contribution in [0, 0.1) is 0 Å². The first kappa shape index (κ1) is 11.6. The van der Waals surface area contributed by atoms with Crippen LogP contribution >= 0.6 is 23.2 Å². The topological polar surface area (TPSA) is 28.7 Å². The lowest BCUT2D eigenvalue weighted by Crippen LogP contribution is -1.89. The molecule has 2 heterocycles. The standard InChI is InChI=1S/C14H10Cl2N2/c15-10-4-3-9(12(16)7-10)6-11-8-14-13(18-11)2-1-5-17-14/h1-5,7-8,18H,6H2. The molecule has 18 heavy (non-hydrogen) atoms. The highest BCUT2D eigenvalue weighted by molar-refractivity contribution is 6.35. The zero-order chi connectivity index (χ0) is 12.5. The van der Waals surface area contributed by atoms with Crippen molar-refractivity contribution in [3.05, 3.63) is 63.9 Å². The van der Waals surface area contributed by atoms with E-state index in [2.05, 4.69) is 9.97 Å². The molecule has 1 N–H and O–H groups in total. The Morgan fingerprint density at radius 1 is 1.11 bits per heavy atom. The molecule has 3 aromatic rings. The fourth-order valence-electron chi connectivity index (χ4n) is 1.98. The van der Waals surface area contributed by atoms with Crippen LogP contribution in [0.5, 0.6) is 0 Å². The number of nitrogens with zero attached hydrogens (tertiary/aromatic N) is 1. The molecule has 0 amide bonds. The van der Waals surface area contributed by atoms with Gasteiger partial charge in [-0.3, -0.25) is 4.98 Å². The second-order valence-electron chi connectivity index (χ2n) is 4.14. The number of aromatic amines is 1. The molecule has 3 rings (SSSR count). The Bertz CT molecular complexity index is 671. The molecule has 0 saturated heterocycles. The highest BCUT2D eigenvalue weighted by atomic mass is 35.5. The fourth-order valence-corrected chi connectivity index (χ4v) is 2.45. The van der Waals surface area contributed by atoms with Crippen molar-refractivity contribution in [3.63, 3.8) is 0 Å². The third-order valence-electron chi connectivity index (χ3n) is 2.84. The number of H-pyrrole nitrogens is 1. The van der Waals surface area contributed by atoms with Crippen LogP contribution in [-0.4, -0.2) is 9.97 Å². The molecule has 90 valence electrons. The Hall–Kier alpha value is -1.51. The van der Waals surface area contributed by atoms with Crippen LogP contribution in [0.1, 0.15) is 11.3 Å². The predicted molar refractivity (Wildman–Crippen MR) is 75.4 cm³/mol. The normalized spacial score (nSPS) is 11.0. The number of hydrogen-bond acceptors (Lipinski definition) is 1. The van der Waals surface area contributed by atoms with Gasteiger partial charge in [0.05, 0.1) is 11.0 Å². The van der Waals surface area contributed by atoms with Gasteiger partial charge >= 0.3 is 0 Å². The van der Waals surface area contributed by atoms with Gasteiger partial charge in [-0.05, 0) is 35.9 Å². The van der Waals surface area contributed by atoms with Gasteiger partial charge in [0, 0.05) is 28.4 Å². The molecule has 2 nitrogen and oxygen atoms in total. The van der Waals surface area contributed by atoms with Gasteiger partial charge in [0.2, 0.25) is 0 Å². The number of pyridine rings is 1. The van der Waals surface area contributed by atoms with Gasteiger partial charge in [0.1, 0.15) is 0 Å². The van der Waals surface area contributed by atoms with E-state index in [1.165, 1.54) is 0 Å². The summed E-state index contributed by atoms with van der Waals surface area (Å²) in [5, 5.41) is 1.34. The van der Waals surface area contributed by atoms with E-state index in [1.54, 1.807) is 12.3 Å². The number of aromatic nitrogens is 2. The smallest absolute Gasteiger partial charge is 0.0881 e. The molecule has 0 spiro atoms. The second kappa shape index (κ2) is 4.63. The summed E-state index contributed by atoms with van der Waals surface area (Å²) in [6, 6.07) is 11.5. The van der Waals surface area contributed by atoms with Crippen LogP contribution in [0.3, 0.4) is 0 Å². The molecular weight excluding hydrogens is 267 g/mol. The lowest BCUT2D eigenvalue weighted by Gasteiger charge is -2.02. The average Bonchev–Trinajstić information content (AvgIpc) is 2.75. The molecule has 0 fully saturated rings. The summed E-state index contributed by atoms with van der Waals surface area (Å²) in [7, 11) is 0. The molecule has 0 unspecified atom stereocenters. The van der Waals surface area contributed by atoms with Gasteiger partial charge in [-0.2, -0.15) is 0 Å². The lowest BCUT2D eigenvalue weighted by molar-refractivity contribution is 1.12. The molecule has 0 radical (unpaired) electrons. The van der Waals surface area contributed by atoms with Crippen molar-refractivity contribution in [1.29, 1.82) is 0 Å². The summed E-state index contributed by atoms with van der Waals surface area (Å²) >= 11 is 12.0. The number of rotatable bonds is 2. The van der Waals surface area contributed by atoms with Crippen molar-refractivity contribution in [2.24, 2.45) is 0 Å². The summed E-state index contributed by atoms with van der Waals surface area (Å²) in [4.78, 5) is 7.63. The van der Waals surface area contributed by atoms with Gasteiger partial charge in [0.25, 0.3) is 0 Å². The molecule has 2 aromatic heterocycles. The van der Waals surface area contributed by atoms with Crippen LogP contribution in [0.4, 0.5) is 0 Å². The minimum absolute atomic E-state index is 0.655. The van der Waals surface area contributed by atoms with Crippen LogP contribution < -0.4 is 0 Å². The summed E-state index contributed by atoms with van der Waals surface area (Å²) in [6.07, 6.45) is 2.53. The second-order valence-corrected chi connectivity index (χ2v) is 4.99. The van der Waals surface area contributed by atoms with E-state index in [-0.39, 0.29) is 0 Å². The summed E-state index contributed by atoms with van der Waals surface area (Å²) in [5.41, 5.74) is 4.15. The van der Waals surface area contributed by atoms with Gasteiger partial charge in [-0.25, -0.2) is 0 Å². The van der Waals surface area contributed by atoms with Crippen LogP contribution in [0.25, 0.3) is 11.0 Å². The number of hydrogen-bond donors (Lipinski definition) is 1. The SMILES string of the molecule is Clc1ccc(Cc2cc3ncccc3[nH]2)c(Cl)c1. The fraction of sp³-hybridized carbons (Fsp3) is 0.0714. The number of fused-ring (bicyclic) bond motifs is 1. The van der Waals surface area contributed by atoms with Crippen molar-refractivity contribution in [2.45, 2.75) is 6.42 Å². The first-order valence-electron chi connectivity index (χ1n) is 5.59. The quantitative estimate of drug-likeness (QED) is 0.736. The van der Waals surface area contributed by atoms with Crippen molar-refractivity contribution in [3.8, 4) is 0 Å². The zero-order valence-electron chi connectivity index (χ0n) is 9.45. The number of nitrogens with one attached hydrogen (secondary N) is 1. The van der Waals surface area contributed by atoms with Crippen molar-refractivity contribution < 1.29 is 0 Å². The van der Waals surface area contributed by atoms with Gasteiger partial charge in [-0.1, -0.05) is 29.3 Å². The maximum atomic E-state index is 6.16. The van der Waals surface area contributed by atoms with Gasteiger partial charge in [0.15, 0.2) is 0 Å². The lowest BCUT2D eigenvalue weighted by atomic mass is 10.1. The van der Waals surface area contributed by atoms with E-state index < -0.39 is 0 Å². The third-order valence-corrected chi connectivity index (χ3v) is 3.43. The molecule has 0 bridgehead atoms. The van der Waals surface area contributed by atoms with E-state index >= 15 is 0 Å². The monoisotopic (exact) mass is 276 g/mol. The molecular formula is C14H10Cl2N2. The molecule has 4 heteroatoms. The van der Waals surface area contributed by atoms with Crippen molar-refractivity contribution >= 4 is 34.2 Å². The molecule has 0 saturated carbocycles. The predicted octanol–water partition coefficient (Wildman–Crippen LogP) is 4.46. The van der Waals surface area contributed by atoms with Gasteiger partial charge < -0.3 is 4.98 Å². The largest absolute Gasteiger partial charge is 0.357 e. The number of halogens is 2. The zero-order valence-corrected chi connectivity index (χ0v) is 11.0. The minimum Gasteiger partial charge on any atom is -0.357 e. The molecule has 0 aliphatic heterocycles. The molecule has 0 atom stereocenters. The van der Waals surface area contributed by atoms with Crippen molar-refractivity contribution in [1.82, 2.24) is 9.97 Å². The summed E-state index contributed by atoms with van der Waals surface area (Å²) in [6.45, 7) is 0. The van der Waals surface area contributed by atoms with Crippen LogP contribution in [0.15, 0.2) is 42.6 Å². The first-order chi connectivity index (χ1) is 8.72. The molecule has 1 aromatic carbocycles. The molecule has 0 aliphatic rings. The maximum absolute atomic E-state index is 6.16. The highest BCUT2D eigenvalue weighted by Gasteiger charge is 2.06. The van der Waals surface area contributed by atoms with E-state index in [4.69, 9.17) is 23.2 Å². The van der Waals surface area contributed by atoms with Gasteiger partial charge in [-0.15, -0.1) is 0 Å².